The highest BCUT2D eigenvalue weighted by molar-refractivity contribution is 7.98. The van der Waals surface area contributed by atoms with Crippen LogP contribution in [0.1, 0.15) is 35.2 Å². The first-order valence-corrected chi connectivity index (χ1v) is 9.43. The number of hydrogen-bond donors (Lipinski definition) is 3. The number of nitrogens with one attached hydrogen (secondary N) is 2. The molecule has 2 aliphatic rings. The Morgan fingerprint density at radius 3 is 2.84 bits per heavy atom. The van der Waals surface area contributed by atoms with Crippen molar-refractivity contribution in [2.45, 2.75) is 30.3 Å². The minimum Gasteiger partial charge on any atom is -0.369 e. The summed E-state index contributed by atoms with van der Waals surface area (Å²) in [7, 11) is 0. The fourth-order valence-corrected chi connectivity index (χ4v) is 4.13. The molecule has 3 unspecified atom stereocenters. The average Bonchev–Trinajstić information content (AvgIpc) is 2.61. The molecule has 0 saturated carbocycles. The highest BCUT2D eigenvalue weighted by Crippen LogP contribution is 2.34. The standard InChI is InChI=1S/C18H20N4O2S/c1-25-13-8-7-12-15(11(13)9-19)18(24)22-17(21-12)14(16(20)23)10-5-3-2-4-6-10/h3,5,7-8,10,14,17,21H,2,4,6H2,1H3,(H2,20,23)(H,22,24). The minimum atomic E-state index is -0.586. The average molecular weight is 356 g/mol. The third-order valence-electron chi connectivity index (χ3n) is 4.76. The van der Waals surface area contributed by atoms with Gasteiger partial charge in [0.25, 0.3) is 5.91 Å². The summed E-state index contributed by atoms with van der Waals surface area (Å²) < 4.78 is 0. The number of nitriles is 1. The van der Waals surface area contributed by atoms with E-state index >= 15 is 0 Å². The number of primary amides is 1. The van der Waals surface area contributed by atoms with E-state index in [0.717, 1.165) is 24.2 Å². The molecule has 0 aromatic heterocycles. The van der Waals surface area contributed by atoms with Gasteiger partial charge in [0, 0.05) is 10.6 Å². The van der Waals surface area contributed by atoms with Gasteiger partial charge in [-0.3, -0.25) is 9.59 Å². The Hall–Kier alpha value is -2.46. The Balaban J connectivity index is 1.96. The largest absolute Gasteiger partial charge is 0.369 e. The molecule has 0 spiro atoms. The molecule has 3 atom stereocenters. The van der Waals surface area contributed by atoms with Crippen molar-refractivity contribution in [1.82, 2.24) is 5.32 Å². The third kappa shape index (κ3) is 3.22. The van der Waals surface area contributed by atoms with Gasteiger partial charge in [0.2, 0.25) is 5.91 Å². The molecule has 1 aromatic rings. The van der Waals surface area contributed by atoms with Gasteiger partial charge in [-0.15, -0.1) is 11.8 Å². The zero-order valence-electron chi connectivity index (χ0n) is 13.9. The Bertz CT molecular complexity index is 784. The van der Waals surface area contributed by atoms with Crippen molar-refractivity contribution >= 4 is 29.3 Å². The van der Waals surface area contributed by atoms with Crippen molar-refractivity contribution in [3.05, 3.63) is 35.4 Å². The number of benzene rings is 1. The summed E-state index contributed by atoms with van der Waals surface area (Å²) in [6.07, 6.45) is 8.20. The number of carbonyl (C=O) groups is 2. The van der Waals surface area contributed by atoms with Gasteiger partial charge in [-0.1, -0.05) is 12.2 Å². The van der Waals surface area contributed by atoms with Crippen LogP contribution in [0.5, 0.6) is 0 Å². The van der Waals surface area contributed by atoms with Crippen molar-refractivity contribution in [3.63, 3.8) is 0 Å². The van der Waals surface area contributed by atoms with E-state index in [-0.39, 0.29) is 11.8 Å². The number of allylic oxidation sites excluding steroid dienone is 2. The molecule has 1 aromatic carbocycles. The summed E-state index contributed by atoms with van der Waals surface area (Å²) in [5.74, 6) is -1.35. The van der Waals surface area contributed by atoms with Crippen LogP contribution in [0, 0.1) is 23.2 Å². The second kappa shape index (κ2) is 7.19. The van der Waals surface area contributed by atoms with Crippen molar-refractivity contribution in [2.75, 3.05) is 11.6 Å². The van der Waals surface area contributed by atoms with E-state index in [1.807, 2.05) is 18.4 Å². The Morgan fingerprint density at radius 2 is 2.24 bits per heavy atom. The summed E-state index contributed by atoms with van der Waals surface area (Å²) in [5, 5.41) is 15.5. The summed E-state index contributed by atoms with van der Waals surface area (Å²) in [6, 6.07) is 5.70. The summed E-state index contributed by atoms with van der Waals surface area (Å²) >= 11 is 1.42. The Labute approximate surface area is 150 Å². The van der Waals surface area contributed by atoms with Crippen molar-refractivity contribution < 1.29 is 9.59 Å². The van der Waals surface area contributed by atoms with E-state index in [9.17, 15) is 14.9 Å². The zero-order valence-corrected chi connectivity index (χ0v) is 14.7. The molecule has 0 fully saturated rings. The molecule has 25 heavy (non-hydrogen) atoms. The highest BCUT2D eigenvalue weighted by Gasteiger charge is 2.38. The minimum absolute atomic E-state index is 0.00786. The number of rotatable bonds is 4. The maximum atomic E-state index is 12.7. The first-order valence-electron chi connectivity index (χ1n) is 8.21. The molecule has 1 heterocycles. The normalized spacial score (nSPS) is 23.0. The molecular formula is C18H20N4O2S. The van der Waals surface area contributed by atoms with Gasteiger partial charge < -0.3 is 16.4 Å². The quantitative estimate of drug-likeness (QED) is 0.566. The predicted octanol–water partition coefficient (Wildman–Crippen LogP) is 2.22. The van der Waals surface area contributed by atoms with Crippen LogP contribution >= 0.6 is 11.8 Å². The molecule has 2 amide bonds. The molecule has 1 aliphatic carbocycles. The smallest absolute Gasteiger partial charge is 0.256 e. The van der Waals surface area contributed by atoms with Crippen LogP contribution in [0.4, 0.5) is 5.69 Å². The lowest BCUT2D eigenvalue weighted by Crippen LogP contribution is -2.55. The fourth-order valence-electron chi connectivity index (χ4n) is 3.58. The van der Waals surface area contributed by atoms with Crippen LogP contribution in [-0.4, -0.2) is 24.2 Å². The van der Waals surface area contributed by atoms with Gasteiger partial charge >= 0.3 is 0 Å². The zero-order chi connectivity index (χ0) is 18.0. The second-order valence-corrected chi connectivity index (χ2v) is 7.07. The van der Waals surface area contributed by atoms with Gasteiger partial charge in [0.05, 0.1) is 17.0 Å². The van der Waals surface area contributed by atoms with E-state index in [1.54, 1.807) is 6.07 Å². The molecule has 3 rings (SSSR count). The number of nitrogens with two attached hydrogens (primary N) is 1. The highest BCUT2D eigenvalue weighted by atomic mass is 32.2. The molecule has 1 aliphatic heterocycles. The third-order valence-corrected chi connectivity index (χ3v) is 5.54. The second-order valence-electron chi connectivity index (χ2n) is 6.22. The van der Waals surface area contributed by atoms with Crippen molar-refractivity contribution in [1.29, 1.82) is 5.26 Å². The number of thioether (sulfide) groups is 1. The molecule has 6 nitrogen and oxygen atoms in total. The summed E-state index contributed by atoms with van der Waals surface area (Å²) in [5.41, 5.74) is 6.89. The van der Waals surface area contributed by atoms with E-state index in [1.165, 1.54) is 11.8 Å². The number of hydrogen-bond acceptors (Lipinski definition) is 5. The Morgan fingerprint density at radius 1 is 1.44 bits per heavy atom. The van der Waals surface area contributed by atoms with Crippen molar-refractivity contribution in [2.24, 2.45) is 17.6 Å². The number of anilines is 1. The van der Waals surface area contributed by atoms with E-state index < -0.39 is 18.0 Å². The van der Waals surface area contributed by atoms with Crippen LogP contribution in [0.25, 0.3) is 0 Å². The van der Waals surface area contributed by atoms with Crippen LogP contribution < -0.4 is 16.4 Å². The van der Waals surface area contributed by atoms with Gasteiger partial charge in [-0.2, -0.15) is 5.26 Å². The molecular weight excluding hydrogens is 336 g/mol. The van der Waals surface area contributed by atoms with Crippen LogP contribution in [0.2, 0.25) is 0 Å². The molecule has 4 N–H and O–H groups in total. The lowest BCUT2D eigenvalue weighted by Gasteiger charge is -2.36. The van der Waals surface area contributed by atoms with Gasteiger partial charge in [-0.05, 0) is 43.6 Å². The predicted molar refractivity (Wildman–Crippen MR) is 97.0 cm³/mol. The van der Waals surface area contributed by atoms with E-state index in [4.69, 9.17) is 5.73 Å². The number of nitrogens with zero attached hydrogens (tertiary/aromatic N) is 1. The van der Waals surface area contributed by atoms with E-state index in [2.05, 4.69) is 22.8 Å². The molecule has 0 saturated heterocycles. The number of fused-ring (bicyclic) bond motifs is 1. The maximum absolute atomic E-state index is 12.7. The molecule has 0 radical (unpaired) electrons. The molecule has 130 valence electrons. The number of carbonyl (C=O) groups excluding carboxylic acids is 2. The lowest BCUT2D eigenvalue weighted by molar-refractivity contribution is -0.123. The fraction of sp³-hybridized carbons (Fsp3) is 0.389. The molecule has 0 bridgehead atoms. The van der Waals surface area contributed by atoms with Crippen LogP contribution in [0.3, 0.4) is 0 Å². The monoisotopic (exact) mass is 356 g/mol. The first-order chi connectivity index (χ1) is 12.1. The molecule has 7 heteroatoms. The van der Waals surface area contributed by atoms with Gasteiger partial charge in [0.1, 0.15) is 12.2 Å². The number of amides is 2. The van der Waals surface area contributed by atoms with E-state index in [0.29, 0.717) is 16.8 Å². The van der Waals surface area contributed by atoms with Gasteiger partial charge in [-0.25, -0.2) is 0 Å². The topological polar surface area (TPSA) is 108 Å². The lowest BCUT2D eigenvalue weighted by atomic mass is 9.81. The SMILES string of the molecule is CSc1ccc2c(c1C#N)C(=O)NC(C(C(N)=O)C1C=CCCC1)N2. The first kappa shape index (κ1) is 17.4. The summed E-state index contributed by atoms with van der Waals surface area (Å²) in [4.78, 5) is 25.5. The van der Waals surface area contributed by atoms with Crippen LogP contribution in [-0.2, 0) is 4.79 Å². The summed E-state index contributed by atoms with van der Waals surface area (Å²) in [6.45, 7) is 0. The maximum Gasteiger partial charge on any atom is 0.256 e. The van der Waals surface area contributed by atoms with Crippen LogP contribution in [0.15, 0.2) is 29.2 Å². The van der Waals surface area contributed by atoms with Gasteiger partial charge in [0.15, 0.2) is 0 Å². The van der Waals surface area contributed by atoms with Crippen molar-refractivity contribution in [3.8, 4) is 6.07 Å². The Kier molecular flexibility index (Phi) is 5.00.